The molecule has 0 spiro atoms. The summed E-state index contributed by atoms with van der Waals surface area (Å²) in [5, 5.41) is 10.2. The molecule has 4 saturated carbocycles. The SMILES string of the molecule is COCCOCOC(=O)CC[C@@H](C)[C@H]1CC[C@H]2[C@@H]3C(=O)C[C@@H]4C[C@H](O)CC[C@]4(C)[C@H]3CC[C@]12C. The molecule has 0 amide bonds. The van der Waals surface area contributed by atoms with Gasteiger partial charge in [0.25, 0.3) is 0 Å². The fraction of sp³-hybridized carbons (Fsp3) is 0.929. The van der Waals surface area contributed by atoms with Gasteiger partial charge in [-0.3, -0.25) is 9.59 Å². The third kappa shape index (κ3) is 4.84. The van der Waals surface area contributed by atoms with E-state index in [1.54, 1.807) is 7.11 Å². The first-order chi connectivity index (χ1) is 16.2. The van der Waals surface area contributed by atoms with Crippen LogP contribution in [0.25, 0.3) is 0 Å². The largest absolute Gasteiger partial charge is 0.438 e. The molecule has 4 rings (SSSR count). The first kappa shape index (κ1) is 26.1. The number of fused-ring (bicyclic) bond motifs is 5. The fourth-order valence-corrected chi connectivity index (χ4v) is 8.81. The predicted molar refractivity (Wildman–Crippen MR) is 129 cm³/mol. The Morgan fingerprint density at radius 1 is 1.09 bits per heavy atom. The maximum absolute atomic E-state index is 13.5. The summed E-state index contributed by atoms with van der Waals surface area (Å²) < 4.78 is 15.4. The summed E-state index contributed by atoms with van der Waals surface area (Å²) in [6, 6.07) is 0. The average molecular weight is 479 g/mol. The molecular weight excluding hydrogens is 432 g/mol. The molecule has 0 heterocycles. The minimum atomic E-state index is -0.225. The van der Waals surface area contributed by atoms with Gasteiger partial charge in [0.05, 0.1) is 19.3 Å². The molecule has 0 bridgehead atoms. The third-order valence-electron chi connectivity index (χ3n) is 10.7. The zero-order valence-electron chi connectivity index (χ0n) is 21.7. The lowest BCUT2D eigenvalue weighted by molar-refractivity contribution is -0.161. The van der Waals surface area contributed by atoms with Crippen LogP contribution in [0.1, 0.15) is 85.0 Å². The zero-order chi connectivity index (χ0) is 24.5. The monoisotopic (exact) mass is 478 g/mol. The van der Waals surface area contributed by atoms with Gasteiger partial charge in [-0.2, -0.15) is 0 Å². The van der Waals surface area contributed by atoms with Gasteiger partial charge in [-0.1, -0.05) is 20.8 Å². The molecule has 4 fully saturated rings. The van der Waals surface area contributed by atoms with Crippen molar-refractivity contribution in [1.29, 1.82) is 0 Å². The lowest BCUT2D eigenvalue weighted by atomic mass is 9.44. The molecule has 0 radical (unpaired) electrons. The molecule has 6 nitrogen and oxygen atoms in total. The molecule has 0 aromatic rings. The van der Waals surface area contributed by atoms with Crippen LogP contribution in [0, 0.1) is 46.3 Å². The number of carbonyl (C=O) groups excluding carboxylic acids is 2. The van der Waals surface area contributed by atoms with Crippen molar-refractivity contribution in [2.75, 3.05) is 27.1 Å². The van der Waals surface area contributed by atoms with E-state index in [-0.39, 0.29) is 35.6 Å². The number of ketones is 1. The van der Waals surface area contributed by atoms with Gasteiger partial charge >= 0.3 is 5.97 Å². The van der Waals surface area contributed by atoms with Crippen LogP contribution >= 0.6 is 0 Å². The molecule has 9 atom stereocenters. The van der Waals surface area contributed by atoms with Gasteiger partial charge in [-0.05, 0) is 91.8 Å². The molecule has 34 heavy (non-hydrogen) atoms. The van der Waals surface area contributed by atoms with E-state index in [9.17, 15) is 14.7 Å². The van der Waals surface area contributed by atoms with Gasteiger partial charge in [-0.25, -0.2) is 0 Å². The molecule has 0 aromatic heterocycles. The van der Waals surface area contributed by atoms with E-state index >= 15 is 0 Å². The Labute approximate surface area is 205 Å². The Morgan fingerprint density at radius 3 is 2.59 bits per heavy atom. The molecule has 0 aliphatic heterocycles. The third-order valence-corrected chi connectivity index (χ3v) is 10.7. The van der Waals surface area contributed by atoms with Crippen molar-refractivity contribution in [3.05, 3.63) is 0 Å². The van der Waals surface area contributed by atoms with Gasteiger partial charge in [-0.15, -0.1) is 0 Å². The molecule has 0 saturated heterocycles. The van der Waals surface area contributed by atoms with E-state index in [0.717, 1.165) is 44.9 Å². The standard InChI is InChI=1S/C28H46O6/c1-18(5-8-25(31)34-17-33-14-13-32-4)21-6-7-22-26-23(10-12-28(21,22)3)27(2)11-9-20(29)15-19(27)16-24(26)30/h18-23,26,29H,5-17H2,1-4H3/t18-,19+,20-,21-,22+,23+,26+,27+,28-/m1/s1. The number of hydrogen-bond acceptors (Lipinski definition) is 6. The van der Waals surface area contributed by atoms with Crippen LogP contribution in [0.4, 0.5) is 0 Å². The van der Waals surface area contributed by atoms with Crippen LogP contribution in [0.15, 0.2) is 0 Å². The number of Topliss-reactive ketones (excluding diaryl/α,β-unsaturated/α-hetero) is 1. The normalized spacial score (nSPS) is 42.4. The lowest BCUT2D eigenvalue weighted by Crippen LogP contribution is -2.57. The van der Waals surface area contributed by atoms with E-state index in [2.05, 4.69) is 20.8 Å². The number of methoxy groups -OCH3 is 1. The van der Waals surface area contributed by atoms with Gasteiger partial charge < -0.3 is 19.3 Å². The van der Waals surface area contributed by atoms with Crippen molar-refractivity contribution in [3.8, 4) is 0 Å². The minimum Gasteiger partial charge on any atom is -0.438 e. The summed E-state index contributed by atoms with van der Waals surface area (Å²) in [6.45, 7) is 8.05. The molecule has 6 heteroatoms. The first-order valence-corrected chi connectivity index (χ1v) is 13.6. The van der Waals surface area contributed by atoms with E-state index in [0.29, 0.717) is 61.4 Å². The number of rotatable bonds is 9. The lowest BCUT2D eigenvalue weighted by Gasteiger charge is -2.60. The van der Waals surface area contributed by atoms with Crippen LogP contribution < -0.4 is 0 Å². The highest BCUT2D eigenvalue weighted by molar-refractivity contribution is 5.83. The number of hydrogen-bond donors (Lipinski definition) is 1. The smallest absolute Gasteiger partial charge is 0.307 e. The van der Waals surface area contributed by atoms with Gasteiger partial charge in [0.2, 0.25) is 0 Å². The highest BCUT2D eigenvalue weighted by atomic mass is 16.7. The van der Waals surface area contributed by atoms with Crippen LogP contribution in [-0.2, 0) is 23.8 Å². The number of carbonyl (C=O) groups is 2. The Hall–Kier alpha value is -0.980. The Bertz CT molecular complexity index is 738. The minimum absolute atomic E-state index is 0.0121. The summed E-state index contributed by atoms with van der Waals surface area (Å²) in [5.74, 6) is 2.76. The van der Waals surface area contributed by atoms with Crippen LogP contribution in [0.2, 0.25) is 0 Å². The molecule has 4 aliphatic carbocycles. The second-order valence-electron chi connectivity index (χ2n) is 12.3. The molecule has 194 valence electrons. The maximum Gasteiger partial charge on any atom is 0.307 e. The summed E-state index contributed by atoms with van der Waals surface area (Å²) in [5.41, 5.74) is 0.388. The van der Waals surface area contributed by atoms with Crippen LogP contribution in [0.5, 0.6) is 0 Å². The summed E-state index contributed by atoms with van der Waals surface area (Å²) in [6.07, 6.45) is 9.06. The van der Waals surface area contributed by atoms with E-state index in [4.69, 9.17) is 14.2 Å². The zero-order valence-corrected chi connectivity index (χ0v) is 21.7. The summed E-state index contributed by atoms with van der Waals surface area (Å²) in [4.78, 5) is 25.7. The first-order valence-electron chi connectivity index (χ1n) is 13.6. The fourth-order valence-electron chi connectivity index (χ4n) is 8.81. The van der Waals surface area contributed by atoms with Crippen molar-refractivity contribution in [2.24, 2.45) is 46.3 Å². The van der Waals surface area contributed by atoms with Gasteiger partial charge in [0, 0.05) is 25.9 Å². The molecule has 1 N–H and O–H groups in total. The van der Waals surface area contributed by atoms with Gasteiger partial charge in [0.15, 0.2) is 6.79 Å². The molecule has 0 unspecified atom stereocenters. The quantitative estimate of drug-likeness (QED) is 0.292. The Kier molecular flexibility index (Phi) is 8.10. The molecule has 0 aromatic carbocycles. The molecular formula is C28H46O6. The predicted octanol–water partition coefficient (Wildman–Crippen LogP) is 4.77. The number of aliphatic hydroxyl groups excluding tert-OH is 1. The van der Waals surface area contributed by atoms with Crippen LogP contribution in [-0.4, -0.2) is 50.1 Å². The second kappa shape index (κ2) is 10.6. The van der Waals surface area contributed by atoms with Crippen molar-refractivity contribution in [3.63, 3.8) is 0 Å². The number of ether oxygens (including phenoxy) is 3. The van der Waals surface area contributed by atoms with Gasteiger partial charge in [0.1, 0.15) is 5.78 Å². The maximum atomic E-state index is 13.5. The van der Waals surface area contributed by atoms with Crippen LogP contribution in [0.3, 0.4) is 0 Å². The molecule has 4 aliphatic rings. The van der Waals surface area contributed by atoms with E-state index in [1.165, 1.54) is 6.42 Å². The Balaban J connectivity index is 1.36. The highest BCUT2D eigenvalue weighted by Crippen LogP contribution is 2.67. The van der Waals surface area contributed by atoms with Crippen molar-refractivity contribution in [2.45, 2.75) is 91.1 Å². The summed E-state index contributed by atoms with van der Waals surface area (Å²) >= 11 is 0. The summed E-state index contributed by atoms with van der Waals surface area (Å²) in [7, 11) is 1.61. The topological polar surface area (TPSA) is 82.1 Å². The second-order valence-corrected chi connectivity index (χ2v) is 12.3. The van der Waals surface area contributed by atoms with E-state index in [1.807, 2.05) is 0 Å². The van der Waals surface area contributed by atoms with Crippen molar-refractivity contribution in [1.82, 2.24) is 0 Å². The van der Waals surface area contributed by atoms with Crippen molar-refractivity contribution >= 4 is 11.8 Å². The highest BCUT2D eigenvalue weighted by Gasteiger charge is 2.63. The van der Waals surface area contributed by atoms with Crippen molar-refractivity contribution < 1.29 is 28.9 Å². The number of aliphatic hydroxyl groups is 1. The van der Waals surface area contributed by atoms with E-state index < -0.39 is 0 Å². The Morgan fingerprint density at radius 2 is 1.82 bits per heavy atom. The number of esters is 1. The average Bonchev–Trinajstić information content (AvgIpc) is 3.15.